The number of nitrogens with zero attached hydrogens (tertiary/aromatic N) is 3. The molecule has 0 radical (unpaired) electrons. The predicted octanol–water partition coefficient (Wildman–Crippen LogP) is 9.26. The van der Waals surface area contributed by atoms with Crippen LogP contribution in [0.3, 0.4) is 0 Å². The van der Waals surface area contributed by atoms with E-state index < -0.39 is 14.2 Å². The van der Waals surface area contributed by atoms with E-state index in [2.05, 4.69) is 107 Å². The largest absolute Gasteiger partial charge is 0.456 e. The van der Waals surface area contributed by atoms with Crippen molar-refractivity contribution in [3.05, 3.63) is 199 Å². The van der Waals surface area contributed by atoms with Gasteiger partial charge in [-0.15, -0.1) is 0 Å². The van der Waals surface area contributed by atoms with Crippen LogP contribution in [0.4, 0.5) is 21.6 Å². The van der Waals surface area contributed by atoms with Crippen molar-refractivity contribution >= 4 is 68.0 Å². The number of fused-ring (bicyclic) bond motifs is 6. The number of rotatable bonds is 6. The van der Waals surface area contributed by atoms with Gasteiger partial charge in [0.05, 0.1) is 11.4 Å². The Hall–Kier alpha value is -6.63. The minimum Gasteiger partial charge on any atom is -0.456 e. The highest BCUT2D eigenvalue weighted by atomic mass is 28.3. The maximum atomic E-state index is 17.8. The molecule has 6 aromatic carbocycles. The molecule has 1 unspecified atom stereocenters. The van der Waals surface area contributed by atoms with Crippen molar-refractivity contribution in [1.29, 1.82) is 0 Å². The lowest BCUT2D eigenvalue weighted by atomic mass is 9.95. The number of halogens is 1. The molecule has 1 aliphatic heterocycles. The first-order valence-electron chi connectivity index (χ1n) is 17.8. The molecule has 0 bridgehead atoms. The summed E-state index contributed by atoms with van der Waals surface area (Å²) in [7, 11) is -3.16. The van der Waals surface area contributed by atoms with Gasteiger partial charge in [0.25, 0.3) is 0 Å². The lowest BCUT2D eigenvalue weighted by molar-refractivity contribution is 0.404. The van der Waals surface area contributed by atoms with Gasteiger partial charge >= 0.3 is 0 Å². The third-order valence-electron chi connectivity index (χ3n) is 10.5. The van der Waals surface area contributed by atoms with Gasteiger partial charge in [0.15, 0.2) is 14.2 Å². The van der Waals surface area contributed by atoms with Crippen LogP contribution in [0.25, 0.3) is 33.2 Å². The molecule has 10 rings (SSSR count). The zero-order valence-electron chi connectivity index (χ0n) is 28.6. The van der Waals surface area contributed by atoms with Gasteiger partial charge in [-0.2, -0.15) is 0 Å². The maximum absolute atomic E-state index is 17.8. The molecule has 1 aliphatic rings. The summed E-state index contributed by atoms with van der Waals surface area (Å²) in [6, 6.07) is 59.8. The molecule has 53 heavy (non-hydrogen) atoms. The van der Waals surface area contributed by atoms with Crippen molar-refractivity contribution in [3.8, 4) is 11.3 Å². The molecule has 3 aromatic heterocycles. The Labute approximate surface area is 307 Å². The van der Waals surface area contributed by atoms with E-state index in [-0.39, 0.29) is 0 Å². The van der Waals surface area contributed by atoms with Crippen molar-refractivity contribution in [2.75, 3.05) is 4.90 Å². The summed E-state index contributed by atoms with van der Waals surface area (Å²) >= 11 is 0. The first kappa shape index (κ1) is 31.1. The Balaban J connectivity index is 1.37. The SMILES string of the molecule is FC(c1cccc(-c2ccccn2)c1)c1cc2c(c3oc4ccccc4c13)[Si](c1ccccc1)(c1ccccc1)c1ccccc1N2c1ccccn1. The smallest absolute Gasteiger partial charge is 0.188 e. The maximum Gasteiger partial charge on any atom is 0.188 e. The zero-order valence-corrected chi connectivity index (χ0v) is 29.6. The number of hydrogen-bond donors (Lipinski definition) is 0. The van der Waals surface area contributed by atoms with Crippen molar-refractivity contribution in [2.45, 2.75) is 6.17 Å². The lowest BCUT2D eigenvalue weighted by Gasteiger charge is -2.44. The van der Waals surface area contributed by atoms with Gasteiger partial charge in [-0.3, -0.25) is 9.88 Å². The number of benzene rings is 6. The molecule has 0 aliphatic carbocycles. The molecule has 6 heteroatoms. The van der Waals surface area contributed by atoms with E-state index in [0.29, 0.717) is 16.7 Å². The fraction of sp³-hybridized carbons (Fsp3) is 0.0213. The summed E-state index contributed by atoms with van der Waals surface area (Å²) in [5, 5.41) is 6.40. The van der Waals surface area contributed by atoms with Gasteiger partial charge in [-0.25, -0.2) is 9.37 Å². The van der Waals surface area contributed by atoms with E-state index >= 15 is 4.39 Å². The fourth-order valence-electron chi connectivity index (χ4n) is 8.35. The quantitative estimate of drug-likeness (QED) is 0.162. The van der Waals surface area contributed by atoms with E-state index in [4.69, 9.17) is 9.40 Å². The molecule has 252 valence electrons. The highest BCUT2D eigenvalue weighted by molar-refractivity contribution is 7.22. The van der Waals surface area contributed by atoms with Crippen LogP contribution >= 0.6 is 0 Å². The second kappa shape index (κ2) is 12.5. The number of anilines is 3. The standard InChI is InChI=1S/C47H32FN3OSi/c48-45(33-17-15-16-32(30-33)38-23-11-13-28-49-38)37-31-40-47(46-44(37)36-22-7-9-25-41(36)52-46)53(34-18-3-1-4-19-34,35-20-5-2-6-21-35)42-26-10-8-24-39(42)51(40)43-27-12-14-29-50-43/h1-31,45H. The van der Waals surface area contributed by atoms with E-state index in [0.717, 1.165) is 50.0 Å². The van der Waals surface area contributed by atoms with E-state index in [1.165, 1.54) is 15.6 Å². The third-order valence-corrected chi connectivity index (χ3v) is 15.4. The normalized spacial score (nSPS) is 13.8. The molecule has 9 aromatic rings. The summed E-state index contributed by atoms with van der Waals surface area (Å²) in [5.74, 6) is 0.749. The summed E-state index contributed by atoms with van der Waals surface area (Å²) in [6.07, 6.45) is 2.10. The van der Waals surface area contributed by atoms with Gasteiger partial charge in [-0.05, 0) is 69.7 Å². The molecule has 0 amide bonds. The number of furan rings is 1. The van der Waals surface area contributed by atoms with E-state index in [1.54, 1.807) is 6.20 Å². The third kappa shape index (κ3) is 4.80. The average Bonchev–Trinajstić information content (AvgIpc) is 3.63. The number of alkyl halides is 1. The van der Waals surface area contributed by atoms with Gasteiger partial charge < -0.3 is 4.42 Å². The van der Waals surface area contributed by atoms with Gasteiger partial charge in [0.2, 0.25) is 0 Å². The van der Waals surface area contributed by atoms with Crippen molar-refractivity contribution < 1.29 is 8.81 Å². The first-order chi connectivity index (χ1) is 26.2. The fourth-order valence-corrected chi connectivity index (χ4v) is 13.5. The second-order valence-corrected chi connectivity index (χ2v) is 17.1. The van der Waals surface area contributed by atoms with Crippen LogP contribution in [-0.4, -0.2) is 18.0 Å². The number of hydrogen-bond acceptors (Lipinski definition) is 4. The minimum atomic E-state index is -3.16. The summed E-state index contributed by atoms with van der Waals surface area (Å²) in [4.78, 5) is 11.7. The van der Waals surface area contributed by atoms with Crippen LogP contribution in [0.2, 0.25) is 0 Å². The van der Waals surface area contributed by atoms with E-state index in [9.17, 15) is 0 Å². The number of para-hydroxylation sites is 2. The topological polar surface area (TPSA) is 42.2 Å². The van der Waals surface area contributed by atoms with Crippen molar-refractivity contribution in [1.82, 2.24) is 9.97 Å². The molecule has 0 saturated heterocycles. The first-order valence-corrected chi connectivity index (χ1v) is 19.8. The second-order valence-electron chi connectivity index (χ2n) is 13.4. The van der Waals surface area contributed by atoms with Crippen LogP contribution in [0.1, 0.15) is 17.3 Å². The predicted molar refractivity (Wildman–Crippen MR) is 216 cm³/mol. The molecule has 0 spiro atoms. The number of aromatic nitrogens is 2. The summed E-state index contributed by atoms with van der Waals surface area (Å²) in [5.41, 5.74) is 6.07. The molecule has 0 fully saturated rings. The molecule has 0 saturated carbocycles. The molecule has 1 atom stereocenters. The van der Waals surface area contributed by atoms with Crippen LogP contribution in [0.15, 0.2) is 193 Å². The molecule has 0 N–H and O–H groups in total. The lowest BCUT2D eigenvalue weighted by Crippen LogP contribution is -2.77. The zero-order chi connectivity index (χ0) is 35.4. The summed E-state index contributed by atoms with van der Waals surface area (Å²) < 4.78 is 24.9. The molecule has 4 heterocycles. The highest BCUT2D eigenvalue weighted by Crippen LogP contribution is 2.46. The van der Waals surface area contributed by atoms with Crippen molar-refractivity contribution in [2.24, 2.45) is 0 Å². The monoisotopic (exact) mass is 701 g/mol. The van der Waals surface area contributed by atoms with Crippen LogP contribution < -0.4 is 25.6 Å². The Morgan fingerprint density at radius 3 is 2.00 bits per heavy atom. The van der Waals surface area contributed by atoms with Gasteiger partial charge in [0.1, 0.15) is 17.0 Å². The van der Waals surface area contributed by atoms with Crippen molar-refractivity contribution in [3.63, 3.8) is 0 Å². The summed E-state index contributed by atoms with van der Waals surface area (Å²) in [6.45, 7) is 0. The highest BCUT2D eigenvalue weighted by Gasteiger charge is 2.51. The Morgan fingerprint density at radius 1 is 0.585 bits per heavy atom. The van der Waals surface area contributed by atoms with Gasteiger partial charge in [0, 0.05) is 45.2 Å². The van der Waals surface area contributed by atoms with Crippen LogP contribution in [0.5, 0.6) is 0 Å². The Kier molecular flexibility index (Phi) is 7.37. The number of pyridine rings is 2. The molecule has 4 nitrogen and oxygen atoms in total. The molecular formula is C47H32FN3OSi. The molecular weight excluding hydrogens is 670 g/mol. The van der Waals surface area contributed by atoms with E-state index in [1.807, 2.05) is 85.1 Å². The Bertz CT molecular complexity index is 2720. The average molecular weight is 702 g/mol. The van der Waals surface area contributed by atoms with Crippen LogP contribution in [0, 0.1) is 0 Å². The van der Waals surface area contributed by atoms with Crippen LogP contribution in [-0.2, 0) is 0 Å². The Morgan fingerprint density at radius 2 is 1.26 bits per heavy atom. The minimum absolute atomic E-state index is 0.547. The van der Waals surface area contributed by atoms with Gasteiger partial charge in [-0.1, -0.05) is 127 Å².